The Kier molecular flexibility index (Phi) is 7.56. The second-order valence-electron chi connectivity index (χ2n) is 7.29. The molecular formula is C24H34O2. The zero-order valence-corrected chi connectivity index (χ0v) is 16.9. The van der Waals surface area contributed by atoms with Gasteiger partial charge in [0.05, 0.1) is 0 Å². The highest BCUT2D eigenvalue weighted by atomic mass is 16.3. The number of phenolic OH excluding ortho intramolecular Hbond substituents is 2. The molecule has 0 saturated heterocycles. The normalized spacial score (nSPS) is 11.1. The van der Waals surface area contributed by atoms with E-state index >= 15 is 0 Å². The molecule has 0 saturated carbocycles. The molecule has 2 rings (SSSR count). The van der Waals surface area contributed by atoms with E-state index in [4.69, 9.17) is 0 Å². The van der Waals surface area contributed by atoms with Crippen molar-refractivity contribution < 1.29 is 10.2 Å². The summed E-state index contributed by atoms with van der Waals surface area (Å²) in [5.41, 5.74) is 6.46. The zero-order chi connectivity index (χ0) is 19.1. The van der Waals surface area contributed by atoms with Gasteiger partial charge in [-0.25, -0.2) is 0 Å². The van der Waals surface area contributed by atoms with Crippen LogP contribution in [0, 0.1) is 0 Å². The van der Waals surface area contributed by atoms with Crippen LogP contribution in [0.5, 0.6) is 11.5 Å². The van der Waals surface area contributed by atoms with Crippen molar-refractivity contribution in [2.75, 3.05) is 0 Å². The number of phenols is 2. The summed E-state index contributed by atoms with van der Waals surface area (Å²) in [6, 6.07) is 8.54. The van der Waals surface area contributed by atoms with Crippen LogP contribution in [-0.4, -0.2) is 10.2 Å². The van der Waals surface area contributed by atoms with Crippen LogP contribution in [0.15, 0.2) is 24.3 Å². The second kappa shape index (κ2) is 9.66. The largest absolute Gasteiger partial charge is 0.507 e. The van der Waals surface area contributed by atoms with E-state index in [2.05, 4.69) is 52.0 Å². The number of aromatic hydroxyl groups is 2. The summed E-state index contributed by atoms with van der Waals surface area (Å²) < 4.78 is 0. The quantitative estimate of drug-likeness (QED) is 0.534. The fourth-order valence-electron chi connectivity index (χ4n) is 3.69. The van der Waals surface area contributed by atoms with Gasteiger partial charge in [0, 0.05) is 0 Å². The van der Waals surface area contributed by atoms with Crippen LogP contribution in [0.1, 0.15) is 75.6 Å². The van der Waals surface area contributed by atoms with E-state index in [1.807, 2.05) is 0 Å². The molecular weight excluding hydrogens is 320 g/mol. The van der Waals surface area contributed by atoms with Crippen molar-refractivity contribution in [3.05, 3.63) is 46.5 Å². The van der Waals surface area contributed by atoms with Crippen LogP contribution in [0.2, 0.25) is 0 Å². The third kappa shape index (κ3) is 4.60. The molecule has 0 atom stereocenters. The van der Waals surface area contributed by atoms with Gasteiger partial charge in [0.1, 0.15) is 11.5 Å². The minimum atomic E-state index is 0.471. The van der Waals surface area contributed by atoms with Crippen molar-refractivity contribution in [1.82, 2.24) is 0 Å². The van der Waals surface area contributed by atoms with Crippen LogP contribution in [0.4, 0.5) is 0 Å². The highest BCUT2D eigenvalue weighted by Crippen LogP contribution is 2.36. The molecule has 0 bridgehead atoms. The lowest BCUT2D eigenvalue weighted by atomic mass is 9.91. The lowest BCUT2D eigenvalue weighted by Crippen LogP contribution is -1.96. The Morgan fingerprint density at radius 2 is 0.731 bits per heavy atom. The highest BCUT2D eigenvalue weighted by molar-refractivity contribution is 5.70. The SMILES string of the molecule is CCCc1cc(-c2cc(CCC)c(O)c(CCC)c2)cc(CCC)c1O. The summed E-state index contributed by atoms with van der Waals surface area (Å²) in [4.78, 5) is 0. The van der Waals surface area contributed by atoms with Gasteiger partial charge in [-0.15, -0.1) is 0 Å². The van der Waals surface area contributed by atoms with Crippen molar-refractivity contribution in [2.45, 2.75) is 79.1 Å². The van der Waals surface area contributed by atoms with Crippen LogP contribution >= 0.6 is 0 Å². The maximum absolute atomic E-state index is 10.6. The predicted octanol–water partition coefficient (Wildman–Crippen LogP) is 6.57. The molecule has 0 heterocycles. The molecule has 2 heteroatoms. The van der Waals surface area contributed by atoms with Gasteiger partial charge >= 0.3 is 0 Å². The van der Waals surface area contributed by atoms with Gasteiger partial charge in [-0.3, -0.25) is 0 Å². The molecule has 2 nitrogen and oxygen atoms in total. The topological polar surface area (TPSA) is 40.5 Å². The van der Waals surface area contributed by atoms with E-state index < -0.39 is 0 Å². The first kappa shape index (κ1) is 20.4. The van der Waals surface area contributed by atoms with Gasteiger partial charge < -0.3 is 10.2 Å². The van der Waals surface area contributed by atoms with Crippen LogP contribution in [0.25, 0.3) is 11.1 Å². The third-order valence-corrected chi connectivity index (χ3v) is 4.95. The van der Waals surface area contributed by atoms with Crippen LogP contribution < -0.4 is 0 Å². The van der Waals surface area contributed by atoms with Gasteiger partial charge in [-0.05, 0) is 83.3 Å². The van der Waals surface area contributed by atoms with Crippen molar-refractivity contribution in [2.24, 2.45) is 0 Å². The van der Waals surface area contributed by atoms with E-state index in [1.165, 1.54) is 0 Å². The summed E-state index contributed by atoms with van der Waals surface area (Å²) in [7, 11) is 0. The first-order chi connectivity index (χ1) is 12.5. The summed E-state index contributed by atoms with van der Waals surface area (Å²) in [6.45, 7) is 8.57. The molecule has 26 heavy (non-hydrogen) atoms. The lowest BCUT2D eigenvalue weighted by Gasteiger charge is -2.16. The molecule has 0 spiro atoms. The van der Waals surface area contributed by atoms with E-state index in [1.54, 1.807) is 0 Å². The molecule has 0 aliphatic heterocycles. The van der Waals surface area contributed by atoms with E-state index in [0.717, 1.165) is 84.7 Å². The van der Waals surface area contributed by atoms with Gasteiger partial charge in [0.15, 0.2) is 0 Å². The molecule has 0 radical (unpaired) electrons. The molecule has 0 aromatic heterocycles. The molecule has 0 unspecified atom stereocenters. The Morgan fingerprint density at radius 1 is 0.500 bits per heavy atom. The first-order valence-electron chi connectivity index (χ1n) is 10.2. The average molecular weight is 355 g/mol. The summed E-state index contributed by atoms with van der Waals surface area (Å²) in [5.74, 6) is 0.942. The third-order valence-electron chi connectivity index (χ3n) is 4.95. The van der Waals surface area contributed by atoms with E-state index in [9.17, 15) is 10.2 Å². The Labute approximate surface area is 158 Å². The van der Waals surface area contributed by atoms with Gasteiger partial charge in [-0.2, -0.15) is 0 Å². The first-order valence-corrected chi connectivity index (χ1v) is 10.2. The van der Waals surface area contributed by atoms with E-state index in [0.29, 0.717) is 11.5 Å². The Bertz CT molecular complexity index is 613. The molecule has 0 aliphatic rings. The maximum atomic E-state index is 10.6. The molecule has 2 N–H and O–H groups in total. The van der Waals surface area contributed by atoms with Crippen LogP contribution in [0.3, 0.4) is 0 Å². The number of hydrogen-bond acceptors (Lipinski definition) is 2. The number of rotatable bonds is 9. The minimum Gasteiger partial charge on any atom is -0.507 e. The number of benzene rings is 2. The fraction of sp³-hybridized carbons (Fsp3) is 0.500. The van der Waals surface area contributed by atoms with Crippen molar-refractivity contribution >= 4 is 0 Å². The summed E-state index contributed by atoms with van der Waals surface area (Å²) in [5, 5.41) is 21.2. The van der Waals surface area contributed by atoms with Crippen molar-refractivity contribution in [3.63, 3.8) is 0 Å². The molecule has 142 valence electrons. The Balaban J connectivity index is 2.61. The molecule has 0 aliphatic carbocycles. The standard InChI is InChI=1S/C24H34O2/c1-5-9-17-13-21(14-18(10-6-2)23(17)25)22-15-19(11-7-3)24(26)20(16-22)12-8-4/h13-16,25-26H,5-12H2,1-4H3. The molecule has 2 aromatic carbocycles. The highest BCUT2D eigenvalue weighted by Gasteiger charge is 2.14. The Hall–Kier alpha value is -1.96. The Morgan fingerprint density at radius 3 is 0.923 bits per heavy atom. The number of aryl methyl sites for hydroxylation is 4. The predicted molar refractivity (Wildman–Crippen MR) is 111 cm³/mol. The smallest absolute Gasteiger partial charge is 0.121 e. The monoisotopic (exact) mass is 354 g/mol. The molecule has 2 aromatic rings. The summed E-state index contributed by atoms with van der Waals surface area (Å²) in [6.07, 6.45) is 7.60. The molecule has 0 fully saturated rings. The van der Waals surface area contributed by atoms with Gasteiger partial charge in [0.25, 0.3) is 0 Å². The lowest BCUT2D eigenvalue weighted by molar-refractivity contribution is 0.459. The molecule has 0 amide bonds. The number of hydrogen-bond donors (Lipinski definition) is 2. The zero-order valence-electron chi connectivity index (χ0n) is 16.9. The van der Waals surface area contributed by atoms with Gasteiger partial charge in [-0.1, -0.05) is 53.4 Å². The second-order valence-corrected chi connectivity index (χ2v) is 7.29. The van der Waals surface area contributed by atoms with E-state index in [-0.39, 0.29) is 0 Å². The minimum absolute atomic E-state index is 0.471. The maximum Gasteiger partial charge on any atom is 0.121 e. The fourth-order valence-corrected chi connectivity index (χ4v) is 3.69. The van der Waals surface area contributed by atoms with Crippen molar-refractivity contribution in [3.8, 4) is 22.6 Å². The van der Waals surface area contributed by atoms with Crippen molar-refractivity contribution in [1.29, 1.82) is 0 Å². The summed E-state index contributed by atoms with van der Waals surface area (Å²) >= 11 is 0. The average Bonchev–Trinajstić information content (AvgIpc) is 2.62. The van der Waals surface area contributed by atoms with Crippen LogP contribution in [-0.2, 0) is 25.7 Å². The van der Waals surface area contributed by atoms with Gasteiger partial charge in [0.2, 0.25) is 0 Å².